The summed E-state index contributed by atoms with van der Waals surface area (Å²) in [5.74, 6) is -0.0379. The molecule has 0 unspecified atom stereocenters. The van der Waals surface area contributed by atoms with Crippen LogP contribution in [0.5, 0.6) is 0 Å². The van der Waals surface area contributed by atoms with Gasteiger partial charge in [-0.25, -0.2) is 4.79 Å². The average Bonchev–Trinajstić information content (AvgIpc) is 2.45. The highest BCUT2D eigenvalue weighted by Gasteiger charge is 2.08. The first-order chi connectivity index (χ1) is 6.72. The summed E-state index contributed by atoms with van der Waals surface area (Å²) in [6.45, 7) is 0.424. The topological polar surface area (TPSA) is 35.1 Å². The van der Waals surface area contributed by atoms with Crippen LogP contribution in [-0.4, -0.2) is 10.4 Å². The number of fused-ring (bicyclic) bond motifs is 1. The normalized spacial score (nSPS) is 11.0. The predicted molar refractivity (Wildman–Crippen MR) is 56.2 cm³/mol. The molecule has 1 aromatic heterocycles. The van der Waals surface area contributed by atoms with Crippen molar-refractivity contribution < 1.29 is 4.42 Å². The van der Waals surface area contributed by atoms with Gasteiger partial charge in [-0.1, -0.05) is 11.6 Å². The van der Waals surface area contributed by atoms with Crippen LogP contribution in [-0.2, 0) is 6.54 Å². The van der Waals surface area contributed by atoms with E-state index in [4.69, 9.17) is 27.6 Å². The van der Waals surface area contributed by atoms with Gasteiger partial charge in [0.15, 0.2) is 5.58 Å². The first kappa shape index (κ1) is 9.62. The van der Waals surface area contributed by atoms with Crippen LogP contribution in [0, 0.1) is 0 Å². The molecular formula is C9H7Cl2NO2. The van der Waals surface area contributed by atoms with Crippen LogP contribution < -0.4 is 5.76 Å². The molecule has 0 fully saturated rings. The largest absolute Gasteiger partial charge is 0.419 e. The molecule has 0 aliphatic rings. The molecular weight excluding hydrogens is 225 g/mol. The van der Waals surface area contributed by atoms with E-state index in [1.54, 1.807) is 18.2 Å². The molecule has 14 heavy (non-hydrogen) atoms. The standard InChI is InChI=1S/C9H7Cl2NO2/c10-3-4-12-7-5-6(11)1-2-8(7)14-9(12)13/h1-2,5H,3-4H2. The third kappa shape index (κ3) is 1.53. The van der Waals surface area contributed by atoms with Crippen LogP contribution in [0.2, 0.25) is 5.02 Å². The van der Waals surface area contributed by atoms with Gasteiger partial charge in [-0.3, -0.25) is 4.57 Å². The third-order valence-corrected chi connectivity index (χ3v) is 2.34. The van der Waals surface area contributed by atoms with Crippen molar-refractivity contribution in [2.45, 2.75) is 6.54 Å². The molecule has 0 saturated heterocycles. The van der Waals surface area contributed by atoms with E-state index < -0.39 is 5.76 Å². The van der Waals surface area contributed by atoms with Gasteiger partial charge >= 0.3 is 5.76 Å². The van der Waals surface area contributed by atoms with E-state index in [9.17, 15) is 4.79 Å². The first-order valence-electron chi connectivity index (χ1n) is 4.07. The van der Waals surface area contributed by atoms with E-state index in [2.05, 4.69) is 0 Å². The summed E-state index contributed by atoms with van der Waals surface area (Å²) >= 11 is 11.4. The minimum Gasteiger partial charge on any atom is -0.408 e. The fourth-order valence-electron chi connectivity index (χ4n) is 1.33. The lowest BCUT2D eigenvalue weighted by Gasteiger charge is -1.97. The van der Waals surface area contributed by atoms with Gasteiger partial charge in [0.25, 0.3) is 0 Å². The van der Waals surface area contributed by atoms with Crippen LogP contribution in [0.4, 0.5) is 0 Å². The minimum absolute atomic E-state index is 0.362. The molecule has 0 amide bonds. The molecule has 0 aliphatic heterocycles. The Morgan fingerprint density at radius 1 is 1.43 bits per heavy atom. The van der Waals surface area contributed by atoms with Gasteiger partial charge < -0.3 is 4.42 Å². The van der Waals surface area contributed by atoms with Crippen molar-refractivity contribution in [3.8, 4) is 0 Å². The molecule has 5 heteroatoms. The molecule has 0 aliphatic carbocycles. The number of alkyl halides is 1. The lowest BCUT2D eigenvalue weighted by molar-refractivity contribution is 0.514. The highest BCUT2D eigenvalue weighted by molar-refractivity contribution is 6.31. The molecule has 0 bridgehead atoms. The monoisotopic (exact) mass is 231 g/mol. The second kappa shape index (κ2) is 3.67. The summed E-state index contributed by atoms with van der Waals surface area (Å²) in [5.41, 5.74) is 1.22. The Morgan fingerprint density at radius 2 is 2.21 bits per heavy atom. The van der Waals surface area contributed by atoms with Gasteiger partial charge in [-0.15, -0.1) is 11.6 Å². The third-order valence-electron chi connectivity index (χ3n) is 1.94. The van der Waals surface area contributed by atoms with Crippen LogP contribution in [0.25, 0.3) is 11.1 Å². The summed E-state index contributed by atoms with van der Waals surface area (Å²) in [6.07, 6.45) is 0. The van der Waals surface area contributed by atoms with Crippen molar-refractivity contribution in [2.75, 3.05) is 5.88 Å². The van der Waals surface area contributed by atoms with Gasteiger partial charge in [-0.05, 0) is 18.2 Å². The number of aromatic nitrogens is 1. The van der Waals surface area contributed by atoms with Crippen molar-refractivity contribution in [1.29, 1.82) is 0 Å². The number of oxazole rings is 1. The summed E-state index contributed by atoms with van der Waals surface area (Å²) in [6, 6.07) is 5.04. The van der Waals surface area contributed by atoms with Gasteiger partial charge in [0.05, 0.1) is 5.52 Å². The van der Waals surface area contributed by atoms with Crippen molar-refractivity contribution >= 4 is 34.3 Å². The van der Waals surface area contributed by atoms with Crippen molar-refractivity contribution in [3.63, 3.8) is 0 Å². The fourth-order valence-corrected chi connectivity index (χ4v) is 1.67. The summed E-state index contributed by atoms with van der Waals surface area (Å²) < 4.78 is 6.46. The summed E-state index contributed by atoms with van der Waals surface area (Å²) in [5, 5.41) is 0.571. The maximum absolute atomic E-state index is 11.3. The molecule has 74 valence electrons. The SMILES string of the molecule is O=c1oc2ccc(Cl)cc2n1CCCl. The van der Waals surface area contributed by atoms with Crippen LogP contribution in [0.3, 0.4) is 0 Å². The average molecular weight is 232 g/mol. The van der Waals surface area contributed by atoms with Gasteiger partial charge in [-0.2, -0.15) is 0 Å². The zero-order chi connectivity index (χ0) is 10.1. The molecule has 3 nitrogen and oxygen atoms in total. The Bertz CT molecular complexity index is 515. The first-order valence-corrected chi connectivity index (χ1v) is 4.98. The van der Waals surface area contributed by atoms with E-state index in [0.717, 1.165) is 0 Å². The van der Waals surface area contributed by atoms with Crippen LogP contribution >= 0.6 is 23.2 Å². The van der Waals surface area contributed by atoms with Crippen molar-refractivity contribution in [2.24, 2.45) is 0 Å². The number of rotatable bonds is 2. The molecule has 0 saturated carbocycles. The maximum Gasteiger partial charge on any atom is 0.419 e. The molecule has 0 N–H and O–H groups in total. The second-order valence-electron chi connectivity index (χ2n) is 2.82. The summed E-state index contributed by atoms with van der Waals surface area (Å²) in [4.78, 5) is 11.3. The molecule has 1 aromatic carbocycles. The highest BCUT2D eigenvalue weighted by Crippen LogP contribution is 2.18. The van der Waals surface area contributed by atoms with Crippen LogP contribution in [0.15, 0.2) is 27.4 Å². The van der Waals surface area contributed by atoms with E-state index in [0.29, 0.717) is 28.5 Å². The quantitative estimate of drug-likeness (QED) is 0.745. The number of hydrogen-bond acceptors (Lipinski definition) is 2. The molecule has 0 radical (unpaired) electrons. The van der Waals surface area contributed by atoms with Crippen molar-refractivity contribution in [3.05, 3.63) is 33.8 Å². The predicted octanol–water partition coefficient (Wildman–Crippen LogP) is 2.49. The molecule has 2 rings (SSSR count). The zero-order valence-corrected chi connectivity index (χ0v) is 8.68. The van der Waals surface area contributed by atoms with E-state index in [1.807, 2.05) is 0 Å². The minimum atomic E-state index is -0.400. The number of aryl methyl sites for hydroxylation is 1. The van der Waals surface area contributed by atoms with E-state index in [-0.39, 0.29) is 0 Å². The molecule has 0 atom stereocenters. The Balaban J connectivity index is 2.73. The molecule has 1 heterocycles. The lowest BCUT2D eigenvalue weighted by Crippen LogP contribution is -2.14. The summed E-state index contributed by atoms with van der Waals surface area (Å²) in [7, 11) is 0. The Hall–Kier alpha value is -0.930. The maximum atomic E-state index is 11.3. The fraction of sp³-hybridized carbons (Fsp3) is 0.222. The molecule has 2 aromatic rings. The number of hydrogen-bond donors (Lipinski definition) is 0. The van der Waals surface area contributed by atoms with Gasteiger partial charge in [0, 0.05) is 17.4 Å². The lowest BCUT2D eigenvalue weighted by atomic mass is 10.3. The number of halogens is 2. The Labute approximate surface area is 89.8 Å². The Morgan fingerprint density at radius 3 is 2.93 bits per heavy atom. The molecule has 0 spiro atoms. The number of benzene rings is 1. The van der Waals surface area contributed by atoms with Gasteiger partial charge in [0.1, 0.15) is 0 Å². The highest BCUT2D eigenvalue weighted by atomic mass is 35.5. The second-order valence-corrected chi connectivity index (χ2v) is 3.64. The number of nitrogens with zero attached hydrogens (tertiary/aromatic N) is 1. The van der Waals surface area contributed by atoms with E-state index >= 15 is 0 Å². The van der Waals surface area contributed by atoms with Crippen LogP contribution in [0.1, 0.15) is 0 Å². The van der Waals surface area contributed by atoms with Crippen molar-refractivity contribution in [1.82, 2.24) is 4.57 Å². The Kier molecular flexibility index (Phi) is 2.52. The smallest absolute Gasteiger partial charge is 0.408 e. The van der Waals surface area contributed by atoms with Gasteiger partial charge in [0.2, 0.25) is 0 Å². The van der Waals surface area contributed by atoms with E-state index in [1.165, 1.54) is 4.57 Å². The zero-order valence-electron chi connectivity index (χ0n) is 7.17.